The topological polar surface area (TPSA) is 60.0 Å². The van der Waals surface area contributed by atoms with E-state index in [-0.39, 0.29) is 5.91 Å². The molecule has 1 aliphatic heterocycles. The second-order valence-corrected chi connectivity index (χ2v) is 8.64. The molecule has 182 valence electrons. The number of carbonyl (C=O) groups is 1. The minimum absolute atomic E-state index is 0.0526. The van der Waals surface area contributed by atoms with Crippen LogP contribution in [0.25, 0.3) is 0 Å². The van der Waals surface area contributed by atoms with E-state index in [4.69, 9.17) is 14.2 Å². The second-order valence-electron chi connectivity index (χ2n) is 8.64. The summed E-state index contributed by atoms with van der Waals surface area (Å²) in [7, 11) is 3.27. The van der Waals surface area contributed by atoms with Crippen molar-refractivity contribution in [3.8, 4) is 17.2 Å². The molecular formula is C30H28N2O4. The largest absolute Gasteiger partial charge is 0.497 e. The Morgan fingerprint density at radius 3 is 2.39 bits per heavy atom. The van der Waals surface area contributed by atoms with Crippen LogP contribution in [0.1, 0.15) is 33.2 Å². The van der Waals surface area contributed by atoms with Crippen molar-refractivity contribution in [1.82, 2.24) is 0 Å². The summed E-state index contributed by atoms with van der Waals surface area (Å²) in [5, 5.41) is 3.57. The van der Waals surface area contributed by atoms with E-state index in [9.17, 15) is 4.79 Å². The molecule has 6 heteroatoms. The number of aryl methyl sites for hydroxylation is 1. The molecule has 36 heavy (non-hydrogen) atoms. The summed E-state index contributed by atoms with van der Waals surface area (Å²) in [5.74, 6) is 2.09. The van der Waals surface area contributed by atoms with Gasteiger partial charge in [0.25, 0.3) is 5.91 Å². The third-order valence-electron chi connectivity index (χ3n) is 6.29. The Bertz CT molecular complexity index is 1380. The molecule has 6 nitrogen and oxygen atoms in total. The van der Waals surface area contributed by atoms with Crippen LogP contribution in [0.2, 0.25) is 0 Å². The van der Waals surface area contributed by atoms with Gasteiger partial charge in [0.05, 0.1) is 19.8 Å². The predicted octanol–water partition coefficient (Wildman–Crippen LogP) is 6.36. The first-order valence-corrected chi connectivity index (χ1v) is 11.8. The highest BCUT2D eigenvalue weighted by Crippen LogP contribution is 2.38. The van der Waals surface area contributed by atoms with E-state index in [1.807, 2.05) is 97.9 Å². The summed E-state index contributed by atoms with van der Waals surface area (Å²) < 4.78 is 17.0. The Morgan fingerprint density at radius 1 is 0.833 bits per heavy atom. The smallest absolute Gasteiger partial charge is 0.262 e. The summed E-state index contributed by atoms with van der Waals surface area (Å²) in [6.07, 6.45) is -0.406. The second kappa shape index (κ2) is 10.0. The fourth-order valence-electron chi connectivity index (χ4n) is 4.39. The number of hydrogen-bond donors (Lipinski definition) is 1. The van der Waals surface area contributed by atoms with Crippen molar-refractivity contribution in [2.75, 3.05) is 24.4 Å². The quantitative estimate of drug-likeness (QED) is 0.333. The highest BCUT2D eigenvalue weighted by Gasteiger charge is 2.34. The van der Waals surface area contributed by atoms with Crippen molar-refractivity contribution in [2.24, 2.45) is 0 Å². The molecule has 0 fully saturated rings. The van der Waals surface area contributed by atoms with Crippen LogP contribution >= 0.6 is 0 Å². The van der Waals surface area contributed by atoms with Crippen molar-refractivity contribution in [3.63, 3.8) is 0 Å². The average Bonchev–Trinajstić information content (AvgIpc) is 2.92. The standard InChI is InChI=1S/C30H28N2O4/c1-20-11-14-23(15-12-20)32-29(31-27-10-5-4-9-26(27)30(32)33)21-13-16-28(35-3)22(17-21)19-36-25-8-6-7-24(18-25)34-2/h4-18,29,31H,19H2,1-3H3. The SMILES string of the molecule is COc1cccc(OCc2cc(C3Nc4ccccc4C(=O)N3c3ccc(C)cc3)ccc2OC)c1. The first-order chi connectivity index (χ1) is 17.6. The summed E-state index contributed by atoms with van der Waals surface area (Å²) >= 11 is 0. The van der Waals surface area contributed by atoms with Crippen LogP contribution in [0, 0.1) is 6.92 Å². The fourth-order valence-corrected chi connectivity index (χ4v) is 4.39. The molecule has 1 heterocycles. The lowest BCUT2D eigenvalue weighted by Gasteiger charge is -2.38. The van der Waals surface area contributed by atoms with E-state index in [1.165, 1.54) is 0 Å². The fraction of sp³-hybridized carbons (Fsp3) is 0.167. The number of nitrogens with zero attached hydrogens (tertiary/aromatic N) is 1. The van der Waals surface area contributed by atoms with Crippen molar-refractivity contribution in [1.29, 1.82) is 0 Å². The minimum Gasteiger partial charge on any atom is -0.497 e. The zero-order chi connectivity index (χ0) is 25.1. The Morgan fingerprint density at radius 2 is 1.61 bits per heavy atom. The zero-order valence-electron chi connectivity index (χ0n) is 20.5. The number of hydrogen-bond acceptors (Lipinski definition) is 5. The van der Waals surface area contributed by atoms with Gasteiger partial charge in [0, 0.05) is 23.0 Å². The Hall–Kier alpha value is -4.45. The monoisotopic (exact) mass is 480 g/mol. The maximum Gasteiger partial charge on any atom is 0.262 e. The number of benzene rings is 4. The van der Waals surface area contributed by atoms with E-state index < -0.39 is 6.17 Å². The van der Waals surface area contributed by atoms with Crippen molar-refractivity contribution in [3.05, 3.63) is 113 Å². The molecule has 1 N–H and O–H groups in total. The number of nitrogens with one attached hydrogen (secondary N) is 1. The molecule has 0 saturated carbocycles. The third kappa shape index (κ3) is 4.58. The molecule has 1 unspecified atom stereocenters. The predicted molar refractivity (Wildman–Crippen MR) is 141 cm³/mol. The van der Waals surface area contributed by atoms with Crippen LogP contribution < -0.4 is 24.4 Å². The molecule has 0 saturated heterocycles. The molecule has 0 aliphatic carbocycles. The van der Waals surface area contributed by atoms with Gasteiger partial charge in [-0.05, 0) is 61.0 Å². The van der Waals surface area contributed by atoms with Crippen molar-refractivity contribution >= 4 is 17.3 Å². The maximum absolute atomic E-state index is 13.7. The van der Waals surface area contributed by atoms with Gasteiger partial charge in [-0.1, -0.05) is 42.0 Å². The number of fused-ring (bicyclic) bond motifs is 1. The Balaban J connectivity index is 1.52. The van der Waals surface area contributed by atoms with Gasteiger partial charge >= 0.3 is 0 Å². The van der Waals surface area contributed by atoms with Gasteiger partial charge in [-0.15, -0.1) is 0 Å². The van der Waals surface area contributed by atoms with Crippen LogP contribution in [0.15, 0.2) is 91.0 Å². The summed E-state index contributed by atoms with van der Waals surface area (Å²) in [5.41, 5.74) is 5.20. The highest BCUT2D eigenvalue weighted by molar-refractivity contribution is 6.12. The van der Waals surface area contributed by atoms with Gasteiger partial charge in [0.1, 0.15) is 30.0 Å². The molecule has 4 aromatic rings. The molecule has 0 spiro atoms. The number of rotatable bonds is 7. The van der Waals surface area contributed by atoms with Gasteiger partial charge in [-0.2, -0.15) is 0 Å². The summed E-state index contributed by atoms with van der Waals surface area (Å²) in [4.78, 5) is 15.5. The Kier molecular flexibility index (Phi) is 6.50. The van der Waals surface area contributed by atoms with Crippen LogP contribution in [-0.2, 0) is 6.61 Å². The number of ether oxygens (including phenoxy) is 3. The first kappa shape index (κ1) is 23.3. The van der Waals surface area contributed by atoms with Crippen LogP contribution in [0.5, 0.6) is 17.2 Å². The molecule has 1 atom stereocenters. The third-order valence-corrected chi connectivity index (χ3v) is 6.29. The zero-order valence-corrected chi connectivity index (χ0v) is 20.5. The maximum atomic E-state index is 13.7. The van der Waals surface area contributed by atoms with E-state index in [0.29, 0.717) is 23.7 Å². The molecular weight excluding hydrogens is 452 g/mol. The highest BCUT2D eigenvalue weighted by atomic mass is 16.5. The number of methoxy groups -OCH3 is 2. The van der Waals surface area contributed by atoms with Crippen LogP contribution in [0.3, 0.4) is 0 Å². The van der Waals surface area contributed by atoms with E-state index in [1.54, 1.807) is 19.1 Å². The lowest BCUT2D eigenvalue weighted by molar-refractivity contribution is 0.0975. The number of anilines is 2. The van der Waals surface area contributed by atoms with Gasteiger partial charge in [-0.25, -0.2) is 0 Å². The minimum atomic E-state index is -0.406. The summed E-state index contributed by atoms with van der Waals surface area (Å²) in [6.45, 7) is 2.33. The normalized spacial score (nSPS) is 14.6. The summed E-state index contributed by atoms with van der Waals surface area (Å²) in [6, 6.07) is 29.0. The average molecular weight is 481 g/mol. The van der Waals surface area contributed by atoms with E-state index >= 15 is 0 Å². The molecule has 0 bridgehead atoms. The lowest BCUT2D eigenvalue weighted by atomic mass is 10.0. The number of carbonyl (C=O) groups excluding carboxylic acids is 1. The van der Waals surface area contributed by atoms with Gasteiger partial charge in [0.15, 0.2) is 0 Å². The number of amides is 1. The Labute approximate surface area is 211 Å². The first-order valence-electron chi connectivity index (χ1n) is 11.8. The van der Waals surface area contributed by atoms with E-state index in [0.717, 1.165) is 33.8 Å². The molecule has 4 aromatic carbocycles. The van der Waals surface area contributed by atoms with Crippen LogP contribution in [0.4, 0.5) is 11.4 Å². The molecule has 0 aromatic heterocycles. The molecule has 1 amide bonds. The molecule has 5 rings (SSSR count). The van der Waals surface area contributed by atoms with Gasteiger partial charge in [-0.3, -0.25) is 9.69 Å². The van der Waals surface area contributed by atoms with Crippen molar-refractivity contribution in [2.45, 2.75) is 19.7 Å². The van der Waals surface area contributed by atoms with Crippen molar-refractivity contribution < 1.29 is 19.0 Å². The molecule has 0 radical (unpaired) electrons. The van der Waals surface area contributed by atoms with Gasteiger partial charge < -0.3 is 19.5 Å². The van der Waals surface area contributed by atoms with Crippen LogP contribution in [-0.4, -0.2) is 20.1 Å². The van der Waals surface area contributed by atoms with Gasteiger partial charge in [0.2, 0.25) is 0 Å². The van der Waals surface area contributed by atoms with E-state index in [2.05, 4.69) is 5.32 Å². The number of para-hydroxylation sites is 1. The lowest BCUT2D eigenvalue weighted by Crippen LogP contribution is -2.43. The molecule has 1 aliphatic rings.